The average Bonchev–Trinajstić information content (AvgIpc) is 2.85. The van der Waals surface area contributed by atoms with Gasteiger partial charge >= 0.3 is 13.1 Å². The normalized spacial score (nSPS) is 22.4. The van der Waals surface area contributed by atoms with Crippen molar-refractivity contribution in [3.8, 4) is 0 Å². The third kappa shape index (κ3) is 8.43. The van der Waals surface area contributed by atoms with Crippen molar-refractivity contribution in [3.63, 3.8) is 0 Å². The second-order valence-corrected chi connectivity index (χ2v) is 7.10. The summed E-state index contributed by atoms with van der Waals surface area (Å²) in [7, 11) is -1.37. The number of carbonyl (C=O) groups is 1. The van der Waals surface area contributed by atoms with Crippen LogP contribution in [0.25, 0.3) is 0 Å². The first-order valence-corrected chi connectivity index (χ1v) is 8.71. The Morgan fingerprint density at radius 2 is 1.86 bits per heavy atom. The third-order valence-electron chi connectivity index (χ3n) is 4.94. The van der Waals surface area contributed by atoms with Gasteiger partial charge in [0.1, 0.15) is 5.54 Å². The van der Waals surface area contributed by atoms with E-state index < -0.39 is 18.6 Å². The topological polar surface area (TPSA) is 133 Å². The summed E-state index contributed by atoms with van der Waals surface area (Å²) in [5.74, 6) is -1.24. The van der Waals surface area contributed by atoms with Gasteiger partial charge in [-0.15, -0.1) is 37.2 Å². The molecule has 162 valence electrons. The number of nitrogens with zero attached hydrogens (tertiary/aromatic N) is 1. The summed E-state index contributed by atoms with van der Waals surface area (Å²) in [6.45, 7) is 1.41. The smallest absolute Gasteiger partial charge is 0.451 e. The lowest BCUT2D eigenvalue weighted by molar-refractivity contribution is -0.144. The van der Waals surface area contributed by atoms with Crippen LogP contribution in [-0.2, 0) is 11.2 Å². The van der Waals surface area contributed by atoms with Crippen LogP contribution >= 0.6 is 37.2 Å². The monoisotopic (exact) mass is 457 g/mol. The highest BCUT2D eigenvalue weighted by Crippen LogP contribution is 2.30. The molecule has 0 amide bonds. The van der Waals surface area contributed by atoms with Gasteiger partial charge in [-0.05, 0) is 24.7 Å². The summed E-state index contributed by atoms with van der Waals surface area (Å²) in [6, 6.07) is 9.85. The van der Waals surface area contributed by atoms with Crippen LogP contribution in [0, 0.1) is 5.92 Å². The third-order valence-corrected chi connectivity index (χ3v) is 4.94. The standard InChI is InChI=1S/C17H28BN3O4.3ClH/c19-15(9-13-5-2-1-3-6-13)11-21-10-14(7-4-8-18(24)25)17(20,12-21)16(22)23;;;/h1-3,5-6,14-15,24-25H,4,7-12,19-20H2,(H,22,23);3*1H/t14-,15?,17-;;;/m0.../s1. The number of nitrogens with two attached hydrogens (primary N) is 2. The van der Waals surface area contributed by atoms with Crippen LogP contribution < -0.4 is 11.5 Å². The lowest BCUT2D eigenvalue weighted by atomic mass is 9.78. The molecule has 1 aromatic carbocycles. The molecule has 0 spiro atoms. The Bertz CT molecular complexity index is 574. The Balaban J connectivity index is 0. The van der Waals surface area contributed by atoms with Gasteiger partial charge in [-0.25, -0.2) is 0 Å². The first-order chi connectivity index (χ1) is 11.8. The molecule has 1 aliphatic heterocycles. The van der Waals surface area contributed by atoms with Gasteiger partial charge in [-0.2, -0.15) is 0 Å². The van der Waals surface area contributed by atoms with Crippen molar-refractivity contribution >= 4 is 50.3 Å². The van der Waals surface area contributed by atoms with E-state index in [4.69, 9.17) is 21.5 Å². The Kier molecular flexibility index (Phi) is 14.4. The van der Waals surface area contributed by atoms with E-state index in [-0.39, 0.29) is 62.0 Å². The molecular weight excluding hydrogens is 427 g/mol. The van der Waals surface area contributed by atoms with Crippen molar-refractivity contribution < 1.29 is 19.9 Å². The molecule has 1 unspecified atom stereocenters. The fourth-order valence-corrected chi connectivity index (χ4v) is 3.63. The molecule has 0 radical (unpaired) electrons. The molecule has 2 rings (SSSR count). The summed E-state index contributed by atoms with van der Waals surface area (Å²) in [5.41, 5.74) is 12.3. The molecule has 0 bridgehead atoms. The maximum Gasteiger partial charge on any atom is 0.451 e. The molecule has 28 heavy (non-hydrogen) atoms. The summed E-state index contributed by atoms with van der Waals surface area (Å²) >= 11 is 0. The molecule has 7 nitrogen and oxygen atoms in total. The van der Waals surface area contributed by atoms with Gasteiger partial charge in [0.25, 0.3) is 0 Å². The molecule has 0 saturated carbocycles. The lowest BCUT2D eigenvalue weighted by Gasteiger charge is -2.25. The van der Waals surface area contributed by atoms with Crippen LogP contribution in [0.3, 0.4) is 0 Å². The lowest BCUT2D eigenvalue weighted by Crippen LogP contribution is -2.55. The molecule has 7 N–H and O–H groups in total. The van der Waals surface area contributed by atoms with Crippen LogP contribution in [0.4, 0.5) is 0 Å². The van der Waals surface area contributed by atoms with Crippen LogP contribution in [0.15, 0.2) is 30.3 Å². The van der Waals surface area contributed by atoms with Crippen LogP contribution in [-0.4, -0.2) is 64.4 Å². The van der Waals surface area contributed by atoms with E-state index in [1.165, 1.54) is 0 Å². The minimum absolute atomic E-state index is 0. The number of likely N-dealkylation sites (tertiary alicyclic amines) is 1. The first-order valence-electron chi connectivity index (χ1n) is 8.71. The van der Waals surface area contributed by atoms with Gasteiger partial charge in [-0.3, -0.25) is 9.69 Å². The van der Waals surface area contributed by atoms with Gasteiger partial charge < -0.3 is 26.6 Å². The molecule has 3 atom stereocenters. The Morgan fingerprint density at radius 3 is 2.39 bits per heavy atom. The number of rotatable bonds is 9. The van der Waals surface area contributed by atoms with Gasteiger partial charge in [0, 0.05) is 31.6 Å². The Morgan fingerprint density at radius 1 is 1.25 bits per heavy atom. The number of aliphatic carboxylic acids is 1. The van der Waals surface area contributed by atoms with E-state index in [0.29, 0.717) is 25.9 Å². The zero-order valence-corrected chi connectivity index (χ0v) is 18.1. The van der Waals surface area contributed by atoms with Crippen molar-refractivity contribution in [3.05, 3.63) is 35.9 Å². The number of benzene rings is 1. The van der Waals surface area contributed by atoms with Crippen LogP contribution in [0.2, 0.25) is 6.32 Å². The molecule has 1 fully saturated rings. The van der Waals surface area contributed by atoms with Gasteiger partial charge in [0.2, 0.25) is 0 Å². The molecule has 11 heteroatoms. The molecule has 1 saturated heterocycles. The van der Waals surface area contributed by atoms with Crippen molar-refractivity contribution in [1.29, 1.82) is 0 Å². The van der Waals surface area contributed by atoms with E-state index in [9.17, 15) is 9.90 Å². The Labute approximate surface area is 185 Å². The highest BCUT2D eigenvalue weighted by atomic mass is 35.5. The number of hydrogen-bond acceptors (Lipinski definition) is 6. The fraction of sp³-hybridized carbons (Fsp3) is 0.588. The summed E-state index contributed by atoms with van der Waals surface area (Å²) in [4.78, 5) is 13.7. The zero-order valence-electron chi connectivity index (χ0n) is 15.6. The summed E-state index contributed by atoms with van der Waals surface area (Å²) in [6.07, 6.45) is 2.02. The molecule has 1 heterocycles. The number of carboxylic acid groups (broad SMARTS) is 1. The predicted molar refractivity (Wildman–Crippen MR) is 119 cm³/mol. The molecule has 1 aliphatic rings. The second-order valence-electron chi connectivity index (χ2n) is 7.10. The van der Waals surface area contributed by atoms with Crippen molar-refractivity contribution in [2.45, 2.75) is 37.2 Å². The average molecular weight is 459 g/mol. The summed E-state index contributed by atoms with van der Waals surface area (Å²) in [5, 5.41) is 27.5. The zero-order chi connectivity index (χ0) is 18.4. The molecule has 1 aromatic rings. The maximum atomic E-state index is 11.7. The number of carboxylic acids is 1. The quantitative estimate of drug-likeness (QED) is 0.346. The van der Waals surface area contributed by atoms with Gasteiger partial charge in [0.05, 0.1) is 0 Å². The largest absolute Gasteiger partial charge is 0.480 e. The first kappa shape index (κ1) is 29.6. The van der Waals surface area contributed by atoms with Crippen molar-refractivity contribution in [2.24, 2.45) is 17.4 Å². The van der Waals surface area contributed by atoms with E-state index in [1.807, 2.05) is 35.2 Å². The Hall–Kier alpha value is -0.575. The predicted octanol–water partition coefficient (Wildman–Crippen LogP) is 0.789. The molecular formula is C17H31BCl3N3O4. The van der Waals surface area contributed by atoms with Crippen LogP contribution in [0.1, 0.15) is 18.4 Å². The second kappa shape index (κ2) is 13.6. The van der Waals surface area contributed by atoms with Gasteiger partial charge in [-0.1, -0.05) is 36.8 Å². The van der Waals surface area contributed by atoms with Crippen LogP contribution in [0.5, 0.6) is 0 Å². The minimum atomic E-state index is -1.37. The van der Waals surface area contributed by atoms with E-state index in [0.717, 1.165) is 12.0 Å². The molecule has 0 aliphatic carbocycles. The van der Waals surface area contributed by atoms with E-state index >= 15 is 0 Å². The number of halogens is 3. The van der Waals surface area contributed by atoms with Gasteiger partial charge in [0.15, 0.2) is 0 Å². The highest BCUT2D eigenvalue weighted by molar-refractivity contribution is 6.40. The molecule has 0 aromatic heterocycles. The van der Waals surface area contributed by atoms with E-state index in [2.05, 4.69) is 0 Å². The van der Waals surface area contributed by atoms with E-state index in [1.54, 1.807) is 0 Å². The highest BCUT2D eigenvalue weighted by Gasteiger charge is 2.49. The van der Waals surface area contributed by atoms with Crippen molar-refractivity contribution in [1.82, 2.24) is 4.90 Å². The summed E-state index contributed by atoms with van der Waals surface area (Å²) < 4.78 is 0. The number of hydrogen-bond donors (Lipinski definition) is 5. The van der Waals surface area contributed by atoms with Crippen molar-refractivity contribution in [2.75, 3.05) is 19.6 Å². The maximum absolute atomic E-state index is 11.7. The minimum Gasteiger partial charge on any atom is -0.480 e. The SMILES string of the molecule is Cl.Cl.Cl.NC(Cc1ccccc1)CN1C[C@H](CCCB(O)O)[C@](N)(C(=O)O)C1. The fourth-order valence-electron chi connectivity index (χ4n) is 3.63.